The fourth-order valence-corrected chi connectivity index (χ4v) is 3.12. The molecule has 1 unspecified atom stereocenters. The quantitative estimate of drug-likeness (QED) is 0.250. The summed E-state index contributed by atoms with van der Waals surface area (Å²) in [6.45, 7) is 8.99. The van der Waals surface area contributed by atoms with Crippen molar-refractivity contribution >= 4 is 29.9 Å². The van der Waals surface area contributed by atoms with E-state index in [1.54, 1.807) is 25.6 Å². The normalized spacial score (nSPS) is 13.4. The van der Waals surface area contributed by atoms with Crippen molar-refractivity contribution in [3.05, 3.63) is 65.8 Å². The first-order chi connectivity index (χ1) is 13.9. The monoisotopic (exact) mass is 524 g/mol. The lowest BCUT2D eigenvalue weighted by atomic mass is 9.96. The van der Waals surface area contributed by atoms with Crippen LogP contribution in [0.2, 0.25) is 0 Å². The highest BCUT2D eigenvalue weighted by atomic mass is 127. The van der Waals surface area contributed by atoms with E-state index in [9.17, 15) is 5.11 Å². The maximum Gasteiger partial charge on any atom is 0.191 e. The average Bonchev–Trinajstić information content (AvgIpc) is 3.34. The van der Waals surface area contributed by atoms with Gasteiger partial charge in [0.25, 0.3) is 0 Å². The Hall–Kier alpha value is -2.40. The smallest absolute Gasteiger partial charge is 0.191 e. The molecule has 0 aliphatic carbocycles. The Morgan fingerprint density at radius 1 is 1.27 bits per heavy atom. The number of halogens is 1. The number of rotatable bonds is 7. The number of guanidine groups is 1. The van der Waals surface area contributed by atoms with Crippen molar-refractivity contribution in [2.24, 2.45) is 4.99 Å². The number of imidazole rings is 1. The van der Waals surface area contributed by atoms with Crippen molar-refractivity contribution in [1.29, 1.82) is 0 Å². The van der Waals surface area contributed by atoms with Crippen LogP contribution in [-0.4, -0.2) is 38.7 Å². The molecule has 0 aliphatic rings. The van der Waals surface area contributed by atoms with Gasteiger partial charge in [-0.1, -0.05) is 0 Å². The molecular weight excluding hydrogens is 495 g/mol. The molecule has 3 N–H and O–H groups in total. The first kappa shape index (κ1) is 23.9. The Labute approximate surface area is 193 Å². The van der Waals surface area contributed by atoms with E-state index in [0.717, 1.165) is 28.5 Å². The number of nitrogens with one attached hydrogen (secondary N) is 2. The molecule has 3 rings (SSSR count). The number of aliphatic imine (C=N–C) groups is 1. The molecule has 3 aromatic heterocycles. The maximum atomic E-state index is 10.9. The van der Waals surface area contributed by atoms with Gasteiger partial charge in [0.15, 0.2) is 5.96 Å². The van der Waals surface area contributed by atoms with Gasteiger partial charge in [0.2, 0.25) is 0 Å². The Morgan fingerprint density at radius 2 is 2.07 bits per heavy atom. The highest BCUT2D eigenvalue weighted by Gasteiger charge is 2.27. The zero-order chi connectivity index (χ0) is 20.9. The van der Waals surface area contributed by atoms with E-state index in [1.807, 2.05) is 49.7 Å². The third kappa shape index (κ3) is 6.05. The zero-order valence-corrected chi connectivity index (χ0v) is 20.0. The van der Waals surface area contributed by atoms with Crippen LogP contribution in [0.4, 0.5) is 0 Å². The molecule has 0 spiro atoms. The van der Waals surface area contributed by atoms with Crippen molar-refractivity contribution < 1.29 is 9.52 Å². The molecular formula is C21H29IN6O2. The van der Waals surface area contributed by atoms with Gasteiger partial charge in [-0.2, -0.15) is 0 Å². The molecule has 0 aromatic carbocycles. The molecule has 0 amide bonds. The van der Waals surface area contributed by atoms with Crippen LogP contribution in [0, 0.1) is 13.8 Å². The number of aromatic nitrogens is 3. The molecule has 30 heavy (non-hydrogen) atoms. The summed E-state index contributed by atoms with van der Waals surface area (Å²) in [5.41, 5.74) is 0.718. The van der Waals surface area contributed by atoms with Crippen LogP contribution in [0.1, 0.15) is 36.5 Å². The molecule has 3 heterocycles. The fraction of sp³-hybridized carbons (Fsp3) is 0.381. The van der Waals surface area contributed by atoms with Crippen molar-refractivity contribution in [3.8, 4) is 5.82 Å². The minimum atomic E-state index is -1.08. The van der Waals surface area contributed by atoms with Gasteiger partial charge >= 0.3 is 0 Å². The van der Waals surface area contributed by atoms with Gasteiger partial charge in [0, 0.05) is 30.7 Å². The lowest BCUT2D eigenvalue weighted by molar-refractivity contribution is 0.0601. The summed E-state index contributed by atoms with van der Waals surface area (Å²) in [5.74, 6) is 2.93. The number of aryl methyl sites for hydroxylation is 2. The number of furan rings is 1. The summed E-state index contributed by atoms with van der Waals surface area (Å²) in [7, 11) is 0. The van der Waals surface area contributed by atoms with Gasteiger partial charge in [0.05, 0.1) is 13.1 Å². The topological polar surface area (TPSA) is 100 Å². The molecule has 3 aromatic rings. The summed E-state index contributed by atoms with van der Waals surface area (Å²) >= 11 is 0. The standard InChI is InChI=1S/C21H28N6O2.HI/c1-5-23-20(26-13-21(4,28)18-10-15(2)29-16(18)3)25-12-17-6-7-24-19(11-17)27-9-8-22-14-27;/h6-11,14,28H,5,12-13H2,1-4H3,(H2,23,25,26);1H. The first-order valence-electron chi connectivity index (χ1n) is 9.64. The predicted molar refractivity (Wildman–Crippen MR) is 127 cm³/mol. The Bertz CT molecular complexity index is 966. The third-order valence-electron chi connectivity index (χ3n) is 4.56. The van der Waals surface area contributed by atoms with Crippen LogP contribution in [0.3, 0.4) is 0 Å². The minimum absolute atomic E-state index is 0. The maximum absolute atomic E-state index is 10.9. The highest BCUT2D eigenvalue weighted by molar-refractivity contribution is 14.0. The summed E-state index contributed by atoms with van der Waals surface area (Å²) in [6.07, 6.45) is 7.04. The number of nitrogens with zero attached hydrogens (tertiary/aromatic N) is 4. The van der Waals surface area contributed by atoms with E-state index < -0.39 is 5.60 Å². The van der Waals surface area contributed by atoms with Gasteiger partial charge in [0.1, 0.15) is 29.3 Å². The summed E-state index contributed by atoms with van der Waals surface area (Å²) in [6, 6.07) is 5.78. The van der Waals surface area contributed by atoms with Gasteiger partial charge in [-0.25, -0.2) is 15.0 Å². The predicted octanol–water partition coefficient (Wildman–Crippen LogP) is 3.06. The van der Waals surface area contributed by atoms with Crippen LogP contribution >= 0.6 is 24.0 Å². The summed E-state index contributed by atoms with van der Waals surface area (Å²) in [5, 5.41) is 17.3. The number of pyridine rings is 1. The molecule has 0 saturated heterocycles. The third-order valence-corrected chi connectivity index (χ3v) is 4.56. The molecule has 0 saturated carbocycles. The van der Waals surface area contributed by atoms with Crippen LogP contribution in [0.25, 0.3) is 5.82 Å². The second kappa shape index (κ2) is 10.6. The summed E-state index contributed by atoms with van der Waals surface area (Å²) in [4.78, 5) is 13.0. The van der Waals surface area contributed by atoms with Crippen molar-refractivity contribution in [1.82, 2.24) is 25.2 Å². The second-order valence-corrected chi connectivity index (χ2v) is 7.14. The Balaban J connectivity index is 0.00000320. The summed E-state index contributed by atoms with van der Waals surface area (Å²) < 4.78 is 7.41. The van der Waals surface area contributed by atoms with Gasteiger partial charge in [-0.3, -0.25) is 4.57 Å². The first-order valence-corrected chi connectivity index (χ1v) is 9.64. The van der Waals surface area contributed by atoms with Crippen molar-refractivity contribution in [2.75, 3.05) is 13.1 Å². The molecule has 9 heteroatoms. The van der Waals surface area contributed by atoms with Gasteiger partial charge in [-0.15, -0.1) is 24.0 Å². The highest BCUT2D eigenvalue weighted by Crippen LogP contribution is 2.26. The average molecular weight is 524 g/mol. The Morgan fingerprint density at radius 3 is 2.70 bits per heavy atom. The van der Waals surface area contributed by atoms with Gasteiger partial charge in [-0.05, 0) is 51.5 Å². The van der Waals surface area contributed by atoms with Crippen LogP contribution in [0.15, 0.2) is 52.5 Å². The minimum Gasteiger partial charge on any atom is -0.466 e. The molecule has 8 nitrogen and oxygen atoms in total. The lowest BCUT2D eigenvalue weighted by Gasteiger charge is -2.24. The SMILES string of the molecule is CCNC(=NCc1ccnc(-n2ccnc2)c1)NCC(C)(O)c1cc(C)oc1C.I. The van der Waals surface area contributed by atoms with Crippen LogP contribution in [-0.2, 0) is 12.1 Å². The molecule has 1 atom stereocenters. The number of hydrogen-bond donors (Lipinski definition) is 3. The number of aliphatic hydroxyl groups is 1. The van der Waals surface area contributed by atoms with Gasteiger partial charge < -0.3 is 20.2 Å². The van der Waals surface area contributed by atoms with E-state index in [-0.39, 0.29) is 24.0 Å². The van der Waals surface area contributed by atoms with Crippen molar-refractivity contribution in [2.45, 2.75) is 39.8 Å². The molecule has 162 valence electrons. The molecule has 0 radical (unpaired) electrons. The molecule has 0 fully saturated rings. The van der Waals surface area contributed by atoms with Crippen LogP contribution < -0.4 is 10.6 Å². The number of hydrogen-bond acceptors (Lipinski definition) is 5. The lowest BCUT2D eigenvalue weighted by Crippen LogP contribution is -2.44. The zero-order valence-electron chi connectivity index (χ0n) is 17.7. The second-order valence-electron chi connectivity index (χ2n) is 7.14. The fourth-order valence-electron chi connectivity index (χ4n) is 3.12. The van der Waals surface area contributed by atoms with E-state index in [4.69, 9.17) is 4.42 Å². The van der Waals surface area contributed by atoms with Crippen molar-refractivity contribution in [3.63, 3.8) is 0 Å². The Kier molecular flexibility index (Phi) is 8.42. The van der Waals surface area contributed by atoms with E-state index in [0.29, 0.717) is 25.6 Å². The van der Waals surface area contributed by atoms with E-state index in [2.05, 4.69) is 25.6 Å². The molecule has 0 aliphatic heterocycles. The molecule has 0 bridgehead atoms. The van der Waals surface area contributed by atoms with Crippen LogP contribution in [0.5, 0.6) is 0 Å². The van der Waals surface area contributed by atoms with E-state index in [1.165, 1.54) is 0 Å². The largest absolute Gasteiger partial charge is 0.466 e. The van der Waals surface area contributed by atoms with E-state index >= 15 is 0 Å².